The molecule has 0 aliphatic rings. The van der Waals surface area contributed by atoms with E-state index in [4.69, 9.17) is 11.6 Å². The van der Waals surface area contributed by atoms with Gasteiger partial charge in [0.05, 0.1) is 0 Å². The Morgan fingerprint density at radius 1 is 1.40 bits per heavy atom. The molecule has 0 aromatic heterocycles. The predicted molar refractivity (Wildman–Crippen MR) is 56.9 cm³/mol. The normalized spacial score (nSPS) is 10.7. The van der Waals surface area contributed by atoms with Gasteiger partial charge in [-0.1, -0.05) is 18.2 Å². The molecule has 0 radical (unpaired) electrons. The molecule has 4 heteroatoms. The topological polar surface area (TPSA) is 9.23 Å². The molecule has 1 rings (SSSR count). The second-order valence-corrected chi connectivity index (χ2v) is 3.61. The van der Waals surface area contributed by atoms with E-state index >= 15 is 0 Å². The summed E-state index contributed by atoms with van der Waals surface area (Å²) in [6.45, 7) is -1.03. The minimum atomic E-state index is -2.78. The summed E-state index contributed by atoms with van der Waals surface area (Å²) in [5, 5.41) is 0. The highest BCUT2D eigenvalue weighted by atomic mass is 35.5. The minimum Gasteiger partial charge on any atom is -0.434 e. The van der Waals surface area contributed by atoms with E-state index in [0.29, 0.717) is 12.3 Å². The predicted octanol–water partition coefficient (Wildman–Crippen LogP) is 3.77. The summed E-state index contributed by atoms with van der Waals surface area (Å²) >= 11 is 5.56. The van der Waals surface area contributed by atoms with E-state index in [0.717, 1.165) is 17.5 Å². The van der Waals surface area contributed by atoms with Crippen LogP contribution in [0, 0.1) is 6.92 Å². The van der Waals surface area contributed by atoms with Gasteiger partial charge in [-0.2, -0.15) is 8.78 Å². The third-order valence-corrected chi connectivity index (χ3v) is 2.35. The van der Waals surface area contributed by atoms with Crippen molar-refractivity contribution in [3.8, 4) is 5.75 Å². The molecule has 0 bridgehead atoms. The molecule has 0 amide bonds. The molecule has 0 N–H and O–H groups in total. The van der Waals surface area contributed by atoms with Crippen molar-refractivity contribution in [3.05, 3.63) is 29.3 Å². The lowest BCUT2D eigenvalue weighted by molar-refractivity contribution is -0.0509. The van der Waals surface area contributed by atoms with E-state index in [-0.39, 0.29) is 5.75 Å². The van der Waals surface area contributed by atoms with Crippen LogP contribution in [0.15, 0.2) is 18.2 Å². The van der Waals surface area contributed by atoms with Crippen LogP contribution in [0.4, 0.5) is 8.78 Å². The molecule has 84 valence electrons. The van der Waals surface area contributed by atoms with Crippen molar-refractivity contribution in [1.82, 2.24) is 0 Å². The molecule has 0 aliphatic heterocycles. The number of halogens is 3. The number of alkyl halides is 3. The Hall–Kier alpha value is -0.830. The van der Waals surface area contributed by atoms with Gasteiger partial charge in [0, 0.05) is 5.88 Å². The van der Waals surface area contributed by atoms with Gasteiger partial charge in [-0.15, -0.1) is 11.6 Å². The number of benzene rings is 1. The van der Waals surface area contributed by atoms with E-state index in [1.165, 1.54) is 0 Å². The van der Waals surface area contributed by atoms with Gasteiger partial charge in [-0.05, 0) is 30.9 Å². The maximum atomic E-state index is 12.2. The smallest absolute Gasteiger partial charge is 0.387 e. The lowest BCUT2D eigenvalue weighted by Gasteiger charge is -2.12. The van der Waals surface area contributed by atoms with E-state index in [9.17, 15) is 8.78 Å². The summed E-state index contributed by atoms with van der Waals surface area (Å²) < 4.78 is 28.8. The van der Waals surface area contributed by atoms with Crippen molar-refractivity contribution < 1.29 is 13.5 Å². The first kappa shape index (κ1) is 12.2. The van der Waals surface area contributed by atoms with Crippen LogP contribution >= 0.6 is 11.6 Å². The second-order valence-electron chi connectivity index (χ2n) is 3.23. The van der Waals surface area contributed by atoms with Gasteiger partial charge in [0.15, 0.2) is 0 Å². The fraction of sp³-hybridized carbons (Fsp3) is 0.455. The highest BCUT2D eigenvalue weighted by molar-refractivity contribution is 6.17. The molecule has 1 aromatic carbocycles. The fourth-order valence-corrected chi connectivity index (χ4v) is 1.56. The summed E-state index contributed by atoms with van der Waals surface area (Å²) in [5.41, 5.74) is 1.51. The average molecular weight is 235 g/mol. The van der Waals surface area contributed by atoms with Gasteiger partial charge in [0.2, 0.25) is 0 Å². The molecule has 0 atom stereocenters. The van der Waals surface area contributed by atoms with E-state index in [1.54, 1.807) is 19.1 Å². The monoisotopic (exact) mass is 234 g/mol. The molecular formula is C11H13ClF2O. The molecule has 0 heterocycles. The summed E-state index contributed by atoms with van der Waals surface area (Å²) in [6, 6.07) is 5.37. The van der Waals surface area contributed by atoms with Crippen molar-refractivity contribution in [2.24, 2.45) is 0 Å². The summed E-state index contributed by atoms with van der Waals surface area (Å²) in [4.78, 5) is 0. The van der Waals surface area contributed by atoms with Crippen LogP contribution in [0.5, 0.6) is 5.75 Å². The standard InChI is InChI=1S/C11H13ClF2O/c1-8-4-2-5-9(6-3-7-12)10(8)15-11(13)14/h2,4-5,11H,3,6-7H2,1H3. The number of ether oxygens (including phenoxy) is 1. The van der Waals surface area contributed by atoms with Crippen LogP contribution in [-0.4, -0.2) is 12.5 Å². The van der Waals surface area contributed by atoms with Crippen molar-refractivity contribution in [3.63, 3.8) is 0 Å². The molecule has 15 heavy (non-hydrogen) atoms. The molecule has 0 unspecified atom stereocenters. The largest absolute Gasteiger partial charge is 0.434 e. The second kappa shape index (κ2) is 5.91. The van der Waals surface area contributed by atoms with E-state index < -0.39 is 6.61 Å². The van der Waals surface area contributed by atoms with Gasteiger partial charge in [0.1, 0.15) is 5.75 Å². The minimum absolute atomic E-state index is 0.289. The number of aryl methyl sites for hydroxylation is 2. The summed E-state index contributed by atoms with van der Waals surface area (Å²) in [5.74, 6) is 0.805. The quantitative estimate of drug-likeness (QED) is 0.705. The van der Waals surface area contributed by atoms with Crippen LogP contribution in [0.25, 0.3) is 0 Å². The van der Waals surface area contributed by atoms with Crippen LogP contribution < -0.4 is 4.74 Å². The maximum absolute atomic E-state index is 12.2. The average Bonchev–Trinajstić information content (AvgIpc) is 2.18. The third-order valence-electron chi connectivity index (χ3n) is 2.08. The maximum Gasteiger partial charge on any atom is 0.387 e. The van der Waals surface area contributed by atoms with Crippen molar-refractivity contribution in [2.45, 2.75) is 26.4 Å². The molecule has 1 aromatic rings. The van der Waals surface area contributed by atoms with Crippen LogP contribution in [0.3, 0.4) is 0 Å². The lowest BCUT2D eigenvalue weighted by Crippen LogP contribution is -2.06. The van der Waals surface area contributed by atoms with Crippen LogP contribution in [0.1, 0.15) is 17.5 Å². The Bertz CT molecular complexity index is 315. The van der Waals surface area contributed by atoms with Crippen LogP contribution in [0.2, 0.25) is 0 Å². The number of hydrogen-bond donors (Lipinski definition) is 0. The fourth-order valence-electron chi connectivity index (χ4n) is 1.43. The first-order chi connectivity index (χ1) is 7.15. The van der Waals surface area contributed by atoms with Crippen LogP contribution in [-0.2, 0) is 6.42 Å². The van der Waals surface area contributed by atoms with Gasteiger partial charge in [-0.25, -0.2) is 0 Å². The Kier molecular flexibility index (Phi) is 4.82. The Morgan fingerprint density at radius 3 is 2.73 bits per heavy atom. The highest BCUT2D eigenvalue weighted by Crippen LogP contribution is 2.26. The number of para-hydroxylation sites is 1. The molecule has 1 nitrogen and oxygen atoms in total. The first-order valence-electron chi connectivity index (χ1n) is 4.74. The first-order valence-corrected chi connectivity index (χ1v) is 5.28. The SMILES string of the molecule is Cc1cccc(CCCCl)c1OC(F)F. The van der Waals surface area contributed by atoms with Gasteiger partial charge < -0.3 is 4.74 Å². The highest BCUT2D eigenvalue weighted by Gasteiger charge is 2.11. The number of rotatable bonds is 5. The van der Waals surface area contributed by atoms with E-state index in [1.807, 2.05) is 6.07 Å². The number of hydrogen-bond acceptors (Lipinski definition) is 1. The lowest BCUT2D eigenvalue weighted by atomic mass is 10.1. The van der Waals surface area contributed by atoms with Gasteiger partial charge in [-0.3, -0.25) is 0 Å². The molecular weight excluding hydrogens is 222 g/mol. The van der Waals surface area contributed by atoms with E-state index in [2.05, 4.69) is 4.74 Å². The van der Waals surface area contributed by atoms with Gasteiger partial charge >= 0.3 is 6.61 Å². The Morgan fingerprint density at radius 2 is 2.13 bits per heavy atom. The van der Waals surface area contributed by atoms with Crippen molar-refractivity contribution >= 4 is 11.6 Å². The summed E-state index contributed by atoms with van der Waals surface area (Å²) in [6.07, 6.45) is 1.41. The molecule has 0 saturated heterocycles. The van der Waals surface area contributed by atoms with Crippen molar-refractivity contribution in [1.29, 1.82) is 0 Å². The molecule has 0 saturated carbocycles. The third kappa shape index (κ3) is 3.67. The Labute approximate surface area is 93.0 Å². The molecule has 0 spiro atoms. The zero-order valence-corrected chi connectivity index (χ0v) is 9.23. The molecule has 0 fully saturated rings. The zero-order chi connectivity index (χ0) is 11.3. The van der Waals surface area contributed by atoms with Gasteiger partial charge in [0.25, 0.3) is 0 Å². The molecule has 0 aliphatic carbocycles. The Balaban J connectivity index is 2.87. The summed E-state index contributed by atoms with van der Waals surface area (Å²) in [7, 11) is 0. The van der Waals surface area contributed by atoms with Crippen molar-refractivity contribution in [2.75, 3.05) is 5.88 Å². The zero-order valence-electron chi connectivity index (χ0n) is 8.47.